The Hall–Kier alpha value is -3.20. The SMILES string of the molecule is Cc1c([C@@H](NC(=O)Nc2cnn(C(C)C#N)c2)C(F)(F)F)sc2c(F)cc(F)cc12. The number of aryl methyl sites for hydroxylation is 1. The summed E-state index contributed by atoms with van der Waals surface area (Å²) in [5, 5.41) is 16.7. The number of carbonyl (C=O) groups excluding carboxylic acids is 1. The molecule has 2 heterocycles. The molecular weight excluding hydrogens is 429 g/mol. The van der Waals surface area contributed by atoms with E-state index in [2.05, 4.69) is 10.4 Å². The van der Waals surface area contributed by atoms with E-state index in [9.17, 15) is 26.7 Å². The van der Waals surface area contributed by atoms with Gasteiger partial charge in [-0.25, -0.2) is 13.6 Å². The fourth-order valence-electron chi connectivity index (χ4n) is 2.81. The van der Waals surface area contributed by atoms with Crippen LogP contribution >= 0.6 is 11.3 Å². The third kappa shape index (κ3) is 4.20. The predicted octanol–water partition coefficient (Wildman–Crippen LogP) is 5.19. The van der Waals surface area contributed by atoms with Crippen LogP contribution < -0.4 is 10.6 Å². The van der Waals surface area contributed by atoms with Crippen LogP contribution in [0.2, 0.25) is 0 Å². The Bertz CT molecular complexity index is 1150. The number of nitrogens with one attached hydrogen (secondary N) is 2. The molecule has 0 spiro atoms. The maximum Gasteiger partial charge on any atom is 0.413 e. The van der Waals surface area contributed by atoms with Gasteiger partial charge in [-0.15, -0.1) is 11.3 Å². The Morgan fingerprint density at radius 3 is 2.67 bits per heavy atom. The van der Waals surface area contributed by atoms with E-state index < -0.39 is 35.9 Å². The van der Waals surface area contributed by atoms with Crippen molar-refractivity contribution in [1.29, 1.82) is 5.26 Å². The maximum atomic E-state index is 14.0. The van der Waals surface area contributed by atoms with Crippen molar-refractivity contribution in [3.05, 3.63) is 46.6 Å². The molecule has 2 amide bonds. The largest absolute Gasteiger partial charge is 0.413 e. The number of anilines is 1. The molecule has 2 atom stereocenters. The molecule has 0 aliphatic rings. The molecule has 3 aromatic rings. The first-order valence-electron chi connectivity index (χ1n) is 8.47. The highest BCUT2D eigenvalue weighted by Gasteiger charge is 2.44. The van der Waals surface area contributed by atoms with Gasteiger partial charge in [-0.1, -0.05) is 0 Å². The van der Waals surface area contributed by atoms with Crippen molar-refractivity contribution in [3.63, 3.8) is 0 Å². The number of nitriles is 1. The van der Waals surface area contributed by atoms with E-state index in [4.69, 9.17) is 5.26 Å². The van der Waals surface area contributed by atoms with Gasteiger partial charge >= 0.3 is 12.2 Å². The van der Waals surface area contributed by atoms with Crippen LogP contribution in [-0.4, -0.2) is 22.0 Å². The summed E-state index contributed by atoms with van der Waals surface area (Å²) in [5.41, 5.74) is 0.100. The summed E-state index contributed by atoms with van der Waals surface area (Å²) in [6.45, 7) is 2.85. The van der Waals surface area contributed by atoms with E-state index in [-0.39, 0.29) is 26.2 Å². The lowest BCUT2D eigenvalue weighted by Gasteiger charge is -2.21. The fourth-order valence-corrected chi connectivity index (χ4v) is 4.08. The average Bonchev–Trinajstić information content (AvgIpc) is 3.24. The Labute approximate surface area is 170 Å². The molecule has 30 heavy (non-hydrogen) atoms. The van der Waals surface area contributed by atoms with Crippen molar-refractivity contribution < 1.29 is 26.7 Å². The van der Waals surface area contributed by atoms with Crippen LogP contribution in [0.5, 0.6) is 0 Å². The number of thiophene rings is 1. The number of halogens is 5. The second-order valence-corrected chi connectivity index (χ2v) is 7.49. The second kappa shape index (κ2) is 7.91. The molecule has 3 rings (SSSR count). The van der Waals surface area contributed by atoms with Crippen LogP contribution in [0.25, 0.3) is 10.1 Å². The van der Waals surface area contributed by atoms with Crippen LogP contribution in [0.15, 0.2) is 24.5 Å². The van der Waals surface area contributed by atoms with E-state index in [1.165, 1.54) is 24.0 Å². The van der Waals surface area contributed by atoms with E-state index >= 15 is 0 Å². The number of amides is 2. The molecule has 0 saturated heterocycles. The zero-order valence-electron chi connectivity index (χ0n) is 15.5. The third-order valence-corrected chi connectivity index (χ3v) is 5.68. The standard InChI is InChI=1S/C18H14F5N5OS/c1-8(5-24)28-7-11(6-25-28)26-17(29)27-16(18(21,22)23)14-9(2)12-3-10(19)4-13(20)15(12)30-14/h3-4,6-8,16H,1-2H3,(H2,26,27,29)/t8?,16-/m1/s1. The van der Waals surface area contributed by atoms with E-state index in [0.717, 1.165) is 6.07 Å². The molecule has 0 saturated carbocycles. The molecule has 12 heteroatoms. The molecule has 0 fully saturated rings. The smallest absolute Gasteiger partial charge is 0.322 e. The molecule has 2 aromatic heterocycles. The molecule has 0 aliphatic carbocycles. The Morgan fingerprint density at radius 2 is 2.03 bits per heavy atom. The Morgan fingerprint density at radius 1 is 1.33 bits per heavy atom. The van der Waals surface area contributed by atoms with Gasteiger partial charge in [-0.3, -0.25) is 4.68 Å². The number of hydrogen-bond acceptors (Lipinski definition) is 4. The van der Waals surface area contributed by atoms with Crippen LogP contribution in [-0.2, 0) is 0 Å². The highest BCUT2D eigenvalue weighted by molar-refractivity contribution is 7.19. The summed E-state index contributed by atoms with van der Waals surface area (Å²) >= 11 is 0.497. The number of rotatable bonds is 4. The number of fused-ring (bicyclic) bond motifs is 1. The normalized spacial score (nSPS) is 13.7. The van der Waals surface area contributed by atoms with Crippen LogP contribution in [0.1, 0.15) is 29.4 Å². The van der Waals surface area contributed by atoms with Crippen molar-refractivity contribution in [3.8, 4) is 6.07 Å². The molecule has 0 radical (unpaired) electrons. The van der Waals surface area contributed by atoms with E-state index in [1.54, 1.807) is 6.92 Å². The number of alkyl halides is 3. The van der Waals surface area contributed by atoms with Gasteiger partial charge in [0.25, 0.3) is 0 Å². The average molecular weight is 443 g/mol. The quantitative estimate of drug-likeness (QED) is 0.544. The van der Waals surface area contributed by atoms with Crippen LogP contribution in [0, 0.1) is 29.9 Å². The van der Waals surface area contributed by atoms with Crippen molar-refractivity contribution in [2.45, 2.75) is 32.1 Å². The first kappa shape index (κ1) is 21.5. The summed E-state index contributed by atoms with van der Waals surface area (Å²) in [5.74, 6) is -1.89. The van der Waals surface area contributed by atoms with Gasteiger partial charge in [-0.05, 0) is 25.5 Å². The first-order chi connectivity index (χ1) is 14.0. The number of benzene rings is 1. The molecule has 158 valence electrons. The lowest BCUT2D eigenvalue weighted by atomic mass is 10.1. The summed E-state index contributed by atoms with van der Waals surface area (Å²) < 4.78 is 69.7. The maximum absolute atomic E-state index is 14.0. The summed E-state index contributed by atoms with van der Waals surface area (Å²) in [6, 6.07) is -0.797. The van der Waals surface area contributed by atoms with E-state index in [1.807, 2.05) is 11.4 Å². The lowest BCUT2D eigenvalue weighted by molar-refractivity contribution is -0.154. The number of aromatic nitrogens is 2. The monoisotopic (exact) mass is 443 g/mol. The molecular formula is C18H14F5N5OS. The fraction of sp³-hybridized carbons (Fsp3) is 0.278. The number of nitrogens with zero attached hydrogens (tertiary/aromatic N) is 3. The van der Waals surface area contributed by atoms with Crippen molar-refractivity contribution in [2.75, 3.05) is 5.32 Å². The minimum atomic E-state index is -4.89. The van der Waals surface area contributed by atoms with Gasteiger partial charge in [0, 0.05) is 16.3 Å². The molecule has 0 aliphatic heterocycles. The van der Waals surface area contributed by atoms with Crippen molar-refractivity contribution in [1.82, 2.24) is 15.1 Å². The topological polar surface area (TPSA) is 82.7 Å². The van der Waals surface area contributed by atoms with Crippen LogP contribution in [0.3, 0.4) is 0 Å². The summed E-state index contributed by atoms with van der Waals surface area (Å²) in [4.78, 5) is 11.8. The number of carbonyl (C=O) groups is 1. The van der Waals surface area contributed by atoms with Gasteiger partial charge in [0.2, 0.25) is 0 Å². The van der Waals surface area contributed by atoms with Crippen molar-refractivity contribution >= 4 is 33.1 Å². The Kier molecular flexibility index (Phi) is 5.67. The van der Waals surface area contributed by atoms with Gasteiger partial charge in [-0.2, -0.15) is 23.5 Å². The second-order valence-electron chi connectivity index (χ2n) is 6.44. The van der Waals surface area contributed by atoms with Gasteiger partial charge in [0.15, 0.2) is 6.04 Å². The Balaban J connectivity index is 1.89. The highest BCUT2D eigenvalue weighted by atomic mass is 32.1. The van der Waals surface area contributed by atoms with Gasteiger partial charge in [0.05, 0.1) is 28.9 Å². The minimum absolute atomic E-state index is 0.00993. The predicted molar refractivity (Wildman–Crippen MR) is 100.0 cm³/mol. The molecule has 2 N–H and O–H groups in total. The molecule has 1 aromatic carbocycles. The highest BCUT2D eigenvalue weighted by Crippen LogP contribution is 2.42. The minimum Gasteiger partial charge on any atom is -0.322 e. The summed E-state index contributed by atoms with van der Waals surface area (Å²) in [7, 11) is 0. The summed E-state index contributed by atoms with van der Waals surface area (Å²) in [6.07, 6.45) is -2.42. The first-order valence-corrected chi connectivity index (χ1v) is 9.29. The zero-order valence-corrected chi connectivity index (χ0v) is 16.3. The van der Waals surface area contributed by atoms with Gasteiger partial charge < -0.3 is 10.6 Å². The number of urea groups is 1. The molecule has 1 unspecified atom stereocenters. The molecule has 0 bridgehead atoms. The zero-order chi connectivity index (χ0) is 22.2. The third-order valence-electron chi connectivity index (χ3n) is 4.30. The van der Waals surface area contributed by atoms with Crippen molar-refractivity contribution in [2.24, 2.45) is 0 Å². The van der Waals surface area contributed by atoms with Gasteiger partial charge in [0.1, 0.15) is 17.7 Å². The van der Waals surface area contributed by atoms with Crippen LogP contribution in [0.4, 0.5) is 32.4 Å². The molecule has 6 nitrogen and oxygen atoms in total. The number of hydrogen-bond donors (Lipinski definition) is 2. The van der Waals surface area contributed by atoms with E-state index in [0.29, 0.717) is 17.4 Å². The lowest BCUT2D eigenvalue weighted by Crippen LogP contribution is -2.40.